The minimum absolute atomic E-state index is 0.0937. The van der Waals surface area contributed by atoms with Crippen LogP contribution in [0.2, 0.25) is 0 Å². The van der Waals surface area contributed by atoms with Crippen LogP contribution in [-0.2, 0) is 13.0 Å². The molecule has 20 heavy (non-hydrogen) atoms. The molecule has 1 heterocycles. The van der Waals surface area contributed by atoms with Crippen molar-refractivity contribution in [3.8, 4) is 5.75 Å². The summed E-state index contributed by atoms with van der Waals surface area (Å²) in [5, 5.41) is 10.5. The molecule has 0 aliphatic heterocycles. The predicted octanol–water partition coefficient (Wildman–Crippen LogP) is 2.07. The zero-order valence-electron chi connectivity index (χ0n) is 10.9. The Hall–Kier alpha value is -2.47. The molecule has 2 aromatic rings. The number of aromatic nitrogens is 1. The zero-order valence-corrected chi connectivity index (χ0v) is 10.9. The van der Waals surface area contributed by atoms with Gasteiger partial charge in [0, 0.05) is 25.1 Å². The van der Waals surface area contributed by atoms with Crippen LogP contribution in [-0.4, -0.2) is 16.5 Å². The van der Waals surface area contributed by atoms with E-state index in [1.165, 1.54) is 12.1 Å². The lowest BCUT2D eigenvalue weighted by atomic mass is 10.1. The van der Waals surface area contributed by atoms with E-state index in [9.17, 15) is 10.1 Å². The molecule has 0 saturated carbocycles. The van der Waals surface area contributed by atoms with Crippen molar-refractivity contribution in [2.45, 2.75) is 13.0 Å². The van der Waals surface area contributed by atoms with E-state index in [0.717, 1.165) is 11.3 Å². The second-order valence-corrected chi connectivity index (χ2v) is 4.21. The minimum atomic E-state index is -0.412. The first kappa shape index (κ1) is 14.0. The Bertz CT molecular complexity index is 567. The van der Waals surface area contributed by atoms with Crippen LogP contribution >= 0.6 is 0 Å². The lowest BCUT2D eigenvalue weighted by Crippen LogP contribution is -2.03. The Morgan fingerprint density at radius 2 is 1.95 bits per heavy atom. The van der Waals surface area contributed by atoms with E-state index in [1.807, 2.05) is 12.1 Å². The minimum Gasteiger partial charge on any atom is -0.492 e. The van der Waals surface area contributed by atoms with E-state index in [1.54, 1.807) is 18.3 Å². The molecule has 2 rings (SSSR count). The van der Waals surface area contributed by atoms with Gasteiger partial charge in [0.05, 0.1) is 23.4 Å². The lowest BCUT2D eigenvalue weighted by Gasteiger charge is -2.06. The number of pyridine rings is 1. The molecule has 0 bridgehead atoms. The largest absolute Gasteiger partial charge is 0.492 e. The van der Waals surface area contributed by atoms with Gasteiger partial charge in [0.2, 0.25) is 0 Å². The molecule has 6 heteroatoms. The number of hydrogen-bond acceptors (Lipinski definition) is 5. The van der Waals surface area contributed by atoms with E-state index >= 15 is 0 Å². The summed E-state index contributed by atoms with van der Waals surface area (Å²) in [4.78, 5) is 14.2. The molecule has 1 aromatic heterocycles. The Balaban J connectivity index is 1.84. The van der Waals surface area contributed by atoms with Gasteiger partial charge in [0.15, 0.2) is 0 Å². The van der Waals surface area contributed by atoms with Gasteiger partial charge in [-0.25, -0.2) is 0 Å². The van der Waals surface area contributed by atoms with Crippen molar-refractivity contribution in [3.63, 3.8) is 0 Å². The summed E-state index contributed by atoms with van der Waals surface area (Å²) >= 11 is 0. The van der Waals surface area contributed by atoms with Crippen molar-refractivity contribution in [2.75, 3.05) is 6.61 Å². The number of nitrogens with zero attached hydrogens (tertiary/aromatic N) is 2. The number of nitro benzene ring substituents is 1. The molecule has 0 amide bonds. The molecule has 0 atom stereocenters. The van der Waals surface area contributed by atoms with Crippen LogP contribution in [0.5, 0.6) is 5.75 Å². The zero-order chi connectivity index (χ0) is 14.4. The molecule has 0 radical (unpaired) electrons. The molecule has 2 N–H and O–H groups in total. The Morgan fingerprint density at radius 3 is 2.50 bits per heavy atom. The van der Waals surface area contributed by atoms with Gasteiger partial charge in [0.1, 0.15) is 5.75 Å². The molecule has 1 aromatic carbocycles. The highest BCUT2D eigenvalue weighted by Crippen LogP contribution is 2.13. The number of non-ortho nitro benzene ring substituents is 1. The first-order valence-corrected chi connectivity index (χ1v) is 6.20. The first-order chi connectivity index (χ1) is 9.69. The average molecular weight is 273 g/mol. The quantitative estimate of drug-likeness (QED) is 0.642. The van der Waals surface area contributed by atoms with Gasteiger partial charge in [-0.05, 0) is 17.7 Å². The summed E-state index contributed by atoms with van der Waals surface area (Å²) in [5.41, 5.74) is 7.35. The molecule has 0 aliphatic carbocycles. The fraction of sp³-hybridized carbons (Fsp3) is 0.214. The third-order valence-electron chi connectivity index (χ3n) is 2.81. The number of nitro groups is 1. The molecule has 0 spiro atoms. The van der Waals surface area contributed by atoms with E-state index in [4.69, 9.17) is 10.5 Å². The molecular weight excluding hydrogens is 258 g/mol. The summed E-state index contributed by atoms with van der Waals surface area (Å²) < 4.78 is 5.55. The molecule has 104 valence electrons. The monoisotopic (exact) mass is 273 g/mol. The third kappa shape index (κ3) is 3.76. The topological polar surface area (TPSA) is 91.3 Å². The molecule has 0 fully saturated rings. The highest BCUT2D eigenvalue weighted by Gasteiger charge is 2.04. The maximum absolute atomic E-state index is 10.5. The Morgan fingerprint density at radius 1 is 1.20 bits per heavy atom. The number of nitrogens with two attached hydrogens (primary N) is 1. The summed E-state index contributed by atoms with van der Waals surface area (Å²) in [6.45, 7) is 0.893. The second-order valence-electron chi connectivity index (χ2n) is 4.21. The fourth-order valence-electron chi connectivity index (χ4n) is 1.69. The first-order valence-electron chi connectivity index (χ1n) is 6.20. The van der Waals surface area contributed by atoms with Crippen LogP contribution in [0, 0.1) is 10.1 Å². The average Bonchev–Trinajstić information content (AvgIpc) is 2.48. The van der Waals surface area contributed by atoms with Gasteiger partial charge in [-0.15, -0.1) is 0 Å². The van der Waals surface area contributed by atoms with Crippen molar-refractivity contribution in [1.82, 2.24) is 4.98 Å². The van der Waals surface area contributed by atoms with Crippen LogP contribution < -0.4 is 10.5 Å². The van der Waals surface area contributed by atoms with Gasteiger partial charge in [-0.3, -0.25) is 15.1 Å². The Labute approximate surface area is 116 Å². The van der Waals surface area contributed by atoms with Gasteiger partial charge in [0.25, 0.3) is 5.69 Å². The van der Waals surface area contributed by atoms with E-state index in [-0.39, 0.29) is 5.69 Å². The van der Waals surface area contributed by atoms with Gasteiger partial charge < -0.3 is 10.5 Å². The van der Waals surface area contributed by atoms with E-state index < -0.39 is 4.92 Å². The van der Waals surface area contributed by atoms with Crippen molar-refractivity contribution >= 4 is 5.69 Å². The Kier molecular flexibility index (Phi) is 4.62. The smallest absolute Gasteiger partial charge is 0.269 e. The molecule has 6 nitrogen and oxygen atoms in total. The second kappa shape index (κ2) is 6.63. The van der Waals surface area contributed by atoms with E-state index in [2.05, 4.69) is 4.98 Å². The SMILES string of the molecule is NCc1ccc(OCCc2ccc([N+](=O)[O-])cc2)cn1. The molecule has 0 unspecified atom stereocenters. The number of ether oxygens (including phenoxy) is 1. The number of rotatable bonds is 6. The summed E-state index contributed by atoms with van der Waals surface area (Å²) in [5.74, 6) is 0.684. The summed E-state index contributed by atoms with van der Waals surface area (Å²) in [6, 6.07) is 10.1. The third-order valence-corrected chi connectivity index (χ3v) is 2.81. The lowest BCUT2D eigenvalue weighted by molar-refractivity contribution is -0.384. The van der Waals surface area contributed by atoms with Crippen LogP contribution in [0.3, 0.4) is 0 Å². The normalized spacial score (nSPS) is 10.2. The van der Waals surface area contributed by atoms with Crippen molar-refractivity contribution in [2.24, 2.45) is 5.73 Å². The van der Waals surface area contributed by atoms with Crippen molar-refractivity contribution < 1.29 is 9.66 Å². The molecule has 0 aliphatic rings. The number of hydrogen-bond donors (Lipinski definition) is 1. The van der Waals surface area contributed by atoms with Crippen LogP contribution in [0.15, 0.2) is 42.6 Å². The van der Waals surface area contributed by atoms with Crippen molar-refractivity contribution in [1.29, 1.82) is 0 Å². The highest BCUT2D eigenvalue weighted by molar-refractivity contribution is 5.33. The summed E-state index contributed by atoms with van der Waals surface area (Å²) in [6.07, 6.45) is 2.31. The van der Waals surface area contributed by atoms with Crippen LogP contribution in [0.1, 0.15) is 11.3 Å². The fourth-order valence-corrected chi connectivity index (χ4v) is 1.69. The highest BCUT2D eigenvalue weighted by atomic mass is 16.6. The molecular formula is C14H15N3O3. The van der Waals surface area contributed by atoms with Gasteiger partial charge >= 0.3 is 0 Å². The number of benzene rings is 1. The predicted molar refractivity (Wildman–Crippen MR) is 74.4 cm³/mol. The van der Waals surface area contributed by atoms with Gasteiger partial charge in [-0.2, -0.15) is 0 Å². The van der Waals surface area contributed by atoms with Crippen molar-refractivity contribution in [3.05, 3.63) is 64.0 Å². The van der Waals surface area contributed by atoms with Crippen LogP contribution in [0.25, 0.3) is 0 Å². The maximum Gasteiger partial charge on any atom is 0.269 e. The van der Waals surface area contributed by atoms with E-state index in [0.29, 0.717) is 25.3 Å². The molecule has 0 saturated heterocycles. The summed E-state index contributed by atoms with van der Waals surface area (Å²) in [7, 11) is 0. The maximum atomic E-state index is 10.5. The van der Waals surface area contributed by atoms with Crippen LogP contribution in [0.4, 0.5) is 5.69 Å². The van der Waals surface area contributed by atoms with Gasteiger partial charge in [-0.1, -0.05) is 12.1 Å². The standard InChI is InChI=1S/C14H15N3O3/c15-9-12-3-6-14(10-16-12)20-8-7-11-1-4-13(5-2-11)17(18)19/h1-6,10H,7-9,15H2.